The van der Waals surface area contributed by atoms with E-state index < -0.39 is 0 Å². The lowest BCUT2D eigenvalue weighted by atomic mass is 9.79. The fraction of sp³-hybridized carbons (Fsp3) is 0.455. The molecule has 1 aromatic heterocycles. The summed E-state index contributed by atoms with van der Waals surface area (Å²) >= 11 is 0. The number of hydrogen-bond acceptors (Lipinski definition) is 4. The molecule has 0 radical (unpaired) electrons. The highest BCUT2D eigenvalue weighted by molar-refractivity contribution is 5.95. The second-order valence-corrected chi connectivity index (χ2v) is 7.68. The molecule has 2 saturated heterocycles. The summed E-state index contributed by atoms with van der Waals surface area (Å²) in [5, 5.41) is 0. The molecule has 27 heavy (non-hydrogen) atoms. The third-order valence-electron chi connectivity index (χ3n) is 5.93. The quantitative estimate of drug-likeness (QED) is 0.814. The van der Waals surface area contributed by atoms with Gasteiger partial charge in [-0.15, -0.1) is 0 Å². The normalized spacial score (nSPS) is 20.5. The lowest BCUT2D eigenvalue weighted by Gasteiger charge is -2.50. The molecule has 1 atom stereocenters. The minimum absolute atomic E-state index is 0.101. The molecule has 1 spiro atoms. The minimum Gasteiger partial charge on any atom is -0.492 e. The fourth-order valence-corrected chi connectivity index (χ4v) is 4.09. The number of aryl methyl sites for hydroxylation is 2. The molecule has 2 aliphatic rings. The highest BCUT2D eigenvalue weighted by atomic mass is 16.5. The SMILES string of the molecule is Cc1ccc(C(=O)N2CC3(C2)OCCC3CCOc2cccnc2)cc1C. The maximum absolute atomic E-state index is 12.8. The second kappa shape index (κ2) is 7.31. The number of hydrogen-bond donors (Lipinski definition) is 0. The van der Waals surface area contributed by atoms with Gasteiger partial charge in [-0.2, -0.15) is 0 Å². The Kier molecular flexibility index (Phi) is 4.87. The van der Waals surface area contributed by atoms with Gasteiger partial charge >= 0.3 is 0 Å². The Balaban J connectivity index is 1.33. The summed E-state index contributed by atoms with van der Waals surface area (Å²) in [5.41, 5.74) is 2.94. The van der Waals surface area contributed by atoms with Crippen molar-refractivity contribution in [3.8, 4) is 5.75 Å². The number of rotatable bonds is 5. The van der Waals surface area contributed by atoms with E-state index in [1.165, 1.54) is 5.56 Å². The average Bonchev–Trinajstić information content (AvgIpc) is 3.07. The summed E-state index contributed by atoms with van der Waals surface area (Å²) in [4.78, 5) is 18.7. The Morgan fingerprint density at radius 2 is 2.15 bits per heavy atom. The first-order chi connectivity index (χ1) is 13.1. The Morgan fingerprint density at radius 3 is 2.89 bits per heavy atom. The Bertz CT molecular complexity index is 816. The molecule has 2 fully saturated rings. The molecule has 1 amide bonds. The first kappa shape index (κ1) is 18.0. The third-order valence-corrected chi connectivity index (χ3v) is 5.93. The lowest BCUT2D eigenvalue weighted by molar-refractivity contribution is -0.119. The molecule has 5 heteroatoms. The van der Waals surface area contributed by atoms with Crippen LogP contribution in [0.2, 0.25) is 0 Å². The van der Waals surface area contributed by atoms with Crippen molar-refractivity contribution in [2.45, 2.75) is 32.3 Å². The molecule has 1 unspecified atom stereocenters. The number of ether oxygens (including phenoxy) is 2. The maximum Gasteiger partial charge on any atom is 0.254 e. The number of likely N-dealkylation sites (tertiary alicyclic amines) is 1. The molecule has 2 aliphatic heterocycles. The summed E-state index contributed by atoms with van der Waals surface area (Å²) in [7, 11) is 0. The van der Waals surface area contributed by atoms with Gasteiger partial charge in [-0.3, -0.25) is 9.78 Å². The first-order valence-corrected chi connectivity index (χ1v) is 9.61. The van der Waals surface area contributed by atoms with Gasteiger partial charge in [0.2, 0.25) is 0 Å². The number of benzene rings is 1. The number of aromatic nitrogens is 1. The molecular weight excluding hydrogens is 340 g/mol. The van der Waals surface area contributed by atoms with Crippen molar-refractivity contribution in [1.82, 2.24) is 9.88 Å². The van der Waals surface area contributed by atoms with Gasteiger partial charge in [0.15, 0.2) is 0 Å². The number of carbonyl (C=O) groups is 1. The van der Waals surface area contributed by atoms with E-state index in [1.54, 1.807) is 12.4 Å². The largest absolute Gasteiger partial charge is 0.492 e. The molecule has 0 N–H and O–H groups in total. The molecule has 142 valence electrons. The molecule has 1 aromatic carbocycles. The zero-order valence-corrected chi connectivity index (χ0v) is 16.0. The molecule has 5 nitrogen and oxygen atoms in total. The van der Waals surface area contributed by atoms with Crippen LogP contribution in [0, 0.1) is 19.8 Å². The summed E-state index contributed by atoms with van der Waals surface area (Å²) < 4.78 is 11.9. The van der Waals surface area contributed by atoms with Crippen LogP contribution in [0.15, 0.2) is 42.7 Å². The van der Waals surface area contributed by atoms with Gasteiger partial charge in [-0.1, -0.05) is 6.07 Å². The molecule has 0 aliphatic carbocycles. The van der Waals surface area contributed by atoms with Crippen molar-refractivity contribution in [2.24, 2.45) is 5.92 Å². The van der Waals surface area contributed by atoms with E-state index in [0.717, 1.165) is 36.3 Å². The molecule has 0 bridgehead atoms. The van der Waals surface area contributed by atoms with Crippen LogP contribution >= 0.6 is 0 Å². The van der Waals surface area contributed by atoms with Gasteiger partial charge in [0, 0.05) is 18.4 Å². The predicted octanol–water partition coefficient (Wildman–Crippen LogP) is 3.40. The van der Waals surface area contributed by atoms with Crippen molar-refractivity contribution >= 4 is 5.91 Å². The third kappa shape index (κ3) is 3.56. The topological polar surface area (TPSA) is 51.7 Å². The van der Waals surface area contributed by atoms with Gasteiger partial charge in [0.1, 0.15) is 11.4 Å². The van der Waals surface area contributed by atoms with Crippen LogP contribution in [-0.2, 0) is 4.74 Å². The zero-order chi connectivity index (χ0) is 18.9. The summed E-state index contributed by atoms with van der Waals surface area (Å²) in [6.07, 6.45) is 5.43. The zero-order valence-electron chi connectivity index (χ0n) is 16.0. The second-order valence-electron chi connectivity index (χ2n) is 7.68. The van der Waals surface area contributed by atoms with E-state index in [-0.39, 0.29) is 11.5 Å². The van der Waals surface area contributed by atoms with Crippen molar-refractivity contribution in [2.75, 3.05) is 26.3 Å². The van der Waals surface area contributed by atoms with Gasteiger partial charge in [0.25, 0.3) is 5.91 Å². The van der Waals surface area contributed by atoms with Crippen LogP contribution < -0.4 is 4.74 Å². The van der Waals surface area contributed by atoms with Crippen molar-refractivity contribution in [3.63, 3.8) is 0 Å². The number of amides is 1. The predicted molar refractivity (Wildman–Crippen MR) is 103 cm³/mol. The summed E-state index contributed by atoms with van der Waals surface area (Å²) in [5.74, 6) is 1.33. The molecular formula is C22H26N2O3. The van der Waals surface area contributed by atoms with Crippen molar-refractivity contribution in [1.29, 1.82) is 0 Å². The van der Waals surface area contributed by atoms with E-state index >= 15 is 0 Å². The smallest absolute Gasteiger partial charge is 0.254 e. The molecule has 3 heterocycles. The van der Waals surface area contributed by atoms with Gasteiger partial charge < -0.3 is 14.4 Å². The van der Waals surface area contributed by atoms with Crippen LogP contribution in [0.5, 0.6) is 5.75 Å². The van der Waals surface area contributed by atoms with Crippen LogP contribution in [0.3, 0.4) is 0 Å². The van der Waals surface area contributed by atoms with E-state index in [0.29, 0.717) is 25.6 Å². The first-order valence-electron chi connectivity index (χ1n) is 9.61. The van der Waals surface area contributed by atoms with E-state index in [2.05, 4.69) is 11.9 Å². The Morgan fingerprint density at radius 1 is 1.30 bits per heavy atom. The molecule has 2 aromatic rings. The summed E-state index contributed by atoms with van der Waals surface area (Å²) in [6, 6.07) is 9.71. The highest BCUT2D eigenvalue weighted by Crippen LogP contribution is 2.42. The van der Waals surface area contributed by atoms with E-state index in [1.807, 2.05) is 42.2 Å². The van der Waals surface area contributed by atoms with Crippen molar-refractivity contribution < 1.29 is 14.3 Å². The Labute approximate surface area is 160 Å². The van der Waals surface area contributed by atoms with Gasteiger partial charge in [0.05, 0.1) is 25.9 Å². The standard InChI is InChI=1S/C22H26N2O3/c1-16-5-6-18(12-17(16)2)21(25)24-14-22(15-24)19(8-11-27-22)7-10-26-20-4-3-9-23-13-20/h3-6,9,12-13,19H,7-8,10-11,14-15H2,1-2H3. The highest BCUT2D eigenvalue weighted by Gasteiger charge is 2.54. The van der Waals surface area contributed by atoms with Gasteiger partial charge in [-0.05, 0) is 68.0 Å². The van der Waals surface area contributed by atoms with Gasteiger partial charge in [-0.25, -0.2) is 0 Å². The molecule has 4 rings (SSSR count). The maximum atomic E-state index is 12.8. The fourth-order valence-electron chi connectivity index (χ4n) is 4.09. The summed E-state index contributed by atoms with van der Waals surface area (Å²) in [6.45, 7) is 6.87. The molecule has 0 saturated carbocycles. The number of carbonyl (C=O) groups excluding carboxylic acids is 1. The van der Waals surface area contributed by atoms with Crippen LogP contribution in [-0.4, -0.2) is 47.7 Å². The van der Waals surface area contributed by atoms with Crippen LogP contribution in [0.1, 0.15) is 34.3 Å². The van der Waals surface area contributed by atoms with Crippen molar-refractivity contribution in [3.05, 3.63) is 59.4 Å². The van der Waals surface area contributed by atoms with E-state index in [9.17, 15) is 4.79 Å². The monoisotopic (exact) mass is 366 g/mol. The van der Waals surface area contributed by atoms with Crippen LogP contribution in [0.25, 0.3) is 0 Å². The Hall–Kier alpha value is -2.40. The number of pyridine rings is 1. The minimum atomic E-state index is -0.187. The van der Waals surface area contributed by atoms with Crippen LogP contribution in [0.4, 0.5) is 0 Å². The number of nitrogens with zero attached hydrogens (tertiary/aromatic N) is 2. The average molecular weight is 366 g/mol. The van der Waals surface area contributed by atoms with E-state index in [4.69, 9.17) is 9.47 Å². The lowest BCUT2D eigenvalue weighted by Crippen LogP contribution is -2.66.